The molecule has 0 aliphatic carbocycles. The Morgan fingerprint density at radius 2 is 1.00 bits per heavy atom. The monoisotopic (exact) mass is 344 g/mol. The van der Waals surface area contributed by atoms with Crippen LogP contribution >= 0.6 is 19.8 Å². The van der Waals surface area contributed by atoms with Gasteiger partial charge in [-0.05, 0) is 0 Å². The van der Waals surface area contributed by atoms with Crippen molar-refractivity contribution in [2.75, 3.05) is 0 Å². The summed E-state index contributed by atoms with van der Waals surface area (Å²) in [5.41, 5.74) is 0. The molecule has 0 saturated heterocycles. The van der Waals surface area contributed by atoms with Crippen molar-refractivity contribution in [3.63, 3.8) is 0 Å². The Morgan fingerprint density at radius 1 is 0.909 bits per heavy atom. The zero-order valence-corrected chi connectivity index (χ0v) is 11.5. The SMILES string of the molecule is CCCC.[F][Zn]([F])([F])([F])([F])[I]. The molecule has 0 aliphatic rings. The van der Waals surface area contributed by atoms with Gasteiger partial charge in [-0.1, -0.05) is 26.7 Å². The third-order valence-corrected chi connectivity index (χ3v) is 0.500. The van der Waals surface area contributed by atoms with Gasteiger partial charge < -0.3 is 0 Å². The van der Waals surface area contributed by atoms with Gasteiger partial charge in [0.1, 0.15) is 0 Å². The first kappa shape index (κ1) is 14.5. The van der Waals surface area contributed by atoms with E-state index < -0.39 is 31.1 Å². The van der Waals surface area contributed by atoms with E-state index in [0.29, 0.717) is 0 Å². The van der Waals surface area contributed by atoms with Gasteiger partial charge in [-0.15, -0.1) is 0 Å². The molecule has 0 aromatic rings. The number of rotatable bonds is 1. The van der Waals surface area contributed by atoms with E-state index in [0.717, 1.165) is 0 Å². The van der Waals surface area contributed by atoms with Crippen LogP contribution in [0.15, 0.2) is 0 Å². The fraction of sp³-hybridized carbons (Fsp3) is 1.00. The minimum absolute atomic E-state index is 0.679. The van der Waals surface area contributed by atoms with Crippen LogP contribution in [-0.4, -0.2) is 0 Å². The summed E-state index contributed by atoms with van der Waals surface area (Å²) in [6.07, 6.45) is 2.64. The van der Waals surface area contributed by atoms with E-state index >= 15 is 0 Å². The van der Waals surface area contributed by atoms with Crippen LogP contribution in [0.5, 0.6) is 0 Å². The van der Waals surface area contributed by atoms with Crippen molar-refractivity contribution >= 4 is 19.8 Å². The normalized spacial score (nSPS) is 14.2. The molecule has 0 saturated carbocycles. The van der Waals surface area contributed by atoms with E-state index in [2.05, 4.69) is 13.8 Å². The van der Waals surface area contributed by atoms with E-state index in [4.69, 9.17) is 0 Å². The van der Waals surface area contributed by atoms with Gasteiger partial charge in [0.15, 0.2) is 0 Å². The first-order valence-corrected chi connectivity index (χ1v) is 18.2. The van der Waals surface area contributed by atoms with Gasteiger partial charge in [-0.3, -0.25) is 0 Å². The molecule has 0 rings (SSSR count). The number of unbranched alkanes of at least 4 members (excludes halogenated alkanes) is 1. The summed E-state index contributed by atoms with van der Waals surface area (Å²) >= 11 is -10.6. The molecule has 0 nitrogen and oxygen atoms in total. The summed E-state index contributed by atoms with van der Waals surface area (Å²) in [7, 11) is 0. The maximum absolute atomic E-state index is 10.6. The molecule has 0 fully saturated rings. The summed E-state index contributed by atoms with van der Waals surface area (Å²) in [6, 6.07) is 0. The van der Waals surface area contributed by atoms with Crippen LogP contribution in [0, 0.1) is 0 Å². The molecule has 0 bridgehead atoms. The minimum atomic E-state index is -9.90. The molecule has 7 heteroatoms. The van der Waals surface area contributed by atoms with Gasteiger partial charge in [0.25, 0.3) is 0 Å². The standard InChI is InChI=1S/C4H10.5FH.HI.Zn/c1-3-4-2;;;;;;;/h3-4H2,1-2H3;6*1H;/q;;;;;;;+6/p-6. The average molecular weight is 345 g/mol. The molecule has 0 aromatic heterocycles. The van der Waals surface area contributed by atoms with E-state index in [1.807, 2.05) is 0 Å². The molecule has 70 valence electrons. The van der Waals surface area contributed by atoms with Gasteiger partial charge in [0.2, 0.25) is 0 Å². The van der Waals surface area contributed by atoms with Crippen LogP contribution in [0.4, 0.5) is 16.6 Å². The van der Waals surface area contributed by atoms with Crippen molar-refractivity contribution in [3.8, 4) is 0 Å². The molecule has 0 atom stereocenters. The van der Waals surface area contributed by atoms with Crippen molar-refractivity contribution < 1.29 is 28.0 Å². The first-order chi connectivity index (χ1) is 4.36. The molecular weight excluding hydrogens is 335 g/mol. The van der Waals surface area contributed by atoms with Gasteiger partial charge in [-0.2, -0.15) is 0 Å². The van der Waals surface area contributed by atoms with Gasteiger partial charge in [0.05, 0.1) is 0 Å². The van der Waals surface area contributed by atoms with Crippen LogP contribution < -0.4 is 0 Å². The molecule has 11 heavy (non-hydrogen) atoms. The van der Waals surface area contributed by atoms with E-state index in [-0.39, 0.29) is 0 Å². The van der Waals surface area contributed by atoms with Crippen molar-refractivity contribution in [1.82, 2.24) is 0 Å². The Morgan fingerprint density at radius 3 is 1.00 bits per heavy atom. The molecule has 0 spiro atoms. The van der Waals surface area contributed by atoms with Gasteiger partial charge >= 0.3 is 47.7 Å². The second-order valence-corrected chi connectivity index (χ2v) is 23.9. The Bertz CT molecular complexity index is 96.8. The van der Waals surface area contributed by atoms with Crippen molar-refractivity contribution in [2.24, 2.45) is 0 Å². The number of hydrogen-bond acceptors (Lipinski definition) is 0. The molecule has 0 aliphatic heterocycles. The maximum atomic E-state index is 10.6. The summed E-state index contributed by atoms with van der Waals surface area (Å²) in [4.78, 5) is 0. The summed E-state index contributed by atoms with van der Waals surface area (Å²) < 4.78 is 53.0. The second kappa shape index (κ2) is 3.40. The molecule has 0 unspecified atom stereocenters. The second-order valence-electron chi connectivity index (χ2n) is 2.52. The average Bonchev–Trinajstić information content (AvgIpc) is 1.57. The molecule has 0 amide bonds. The zero-order valence-electron chi connectivity index (χ0n) is 6.39. The number of halogens is 6. The first-order valence-electron chi connectivity index (χ1n) is 3.52. The Balaban J connectivity index is 0. The predicted octanol–water partition coefficient (Wildman–Crippen LogP) is 4.79. The third kappa shape index (κ3) is 222. The summed E-state index contributed by atoms with van der Waals surface area (Å²) in [5, 5.41) is 0. The molecular formula is C4H10F5IZn. The van der Waals surface area contributed by atoms with Crippen LogP contribution in [0.3, 0.4) is 0 Å². The Hall–Kier alpha value is 1.00. The van der Waals surface area contributed by atoms with Crippen molar-refractivity contribution in [2.45, 2.75) is 26.7 Å². The van der Waals surface area contributed by atoms with Gasteiger partial charge in [-0.25, -0.2) is 0 Å². The zero-order chi connectivity index (χ0) is 9.82. The van der Waals surface area contributed by atoms with E-state index in [9.17, 15) is 16.6 Å². The van der Waals surface area contributed by atoms with Crippen molar-refractivity contribution in [3.05, 3.63) is 0 Å². The fourth-order valence-electron chi connectivity index (χ4n) is 0. The molecule has 0 aromatic carbocycles. The Labute approximate surface area is 74.3 Å². The quantitative estimate of drug-likeness (QED) is 0.364. The van der Waals surface area contributed by atoms with Crippen molar-refractivity contribution in [1.29, 1.82) is 0 Å². The van der Waals surface area contributed by atoms with Crippen LogP contribution in [0.1, 0.15) is 26.7 Å². The van der Waals surface area contributed by atoms with Crippen LogP contribution in [0.2, 0.25) is 0 Å². The predicted molar refractivity (Wildman–Crippen MR) is 40.1 cm³/mol. The topological polar surface area (TPSA) is 0 Å². The summed E-state index contributed by atoms with van der Waals surface area (Å²) in [6.45, 7) is 4.36. The fourth-order valence-corrected chi connectivity index (χ4v) is 0. The van der Waals surface area contributed by atoms with Crippen LogP contribution in [0.25, 0.3) is 0 Å². The molecule has 0 radical (unpaired) electrons. The number of hydrogen-bond donors (Lipinski definition) is 0. The van der Waals surface area contributed by atoms with Crippen LogP contribution in [-0.2, 0) is 11.4 Å². The molecule has 0 heterocycles. The molecule has 0 N–H and O–H groups in total. The van der Waals surface area contributed by atoms with Gasteiger partial charge in [0, 0.05) is 0 Å². The third-order valence-electron chi connectivity index (χ3n) is 0.500. The Kier molecular flexibility index (Phi) is 4.49. The van der Waals surface area contributed by atoms with E-state index in [1.165, 1.54) is 12.8 Å². The summed E-state index contributed by atoms with van der Waals surface area (Å²) in [5.74, 6) is 0. The van der Waals surface area contributed by atoms with E-state index in [1.54, 1.807) is 0 Å².